The fourth-order valence-corrected chi connectivity index (χ4v) is 2.88. The fraction of sp³-hybridized carbons (Fsp3) is 0.176. The van der Waals surface area contributed by atoms with Crippen LogP contribution in [0.3, 0.4) is 0 Å². The summed E-state index contributed by atoms with van der Waals surface area (Å²) in [6, 6.07) is 11.5. The molecule has 0 heterocycles. The predicted octanol–water partition coefficient (Wildman–Crippen LogP) is 1.000. The van der Waals surface area contributed by atoms with Crippen LogP contribution in [-0.4, -0.2) is 33.9 Å². The second-order valence-electron chi connectivity index (χ2n) is 5.18. The SMILES string of the molecule is CCOc1ccc(C(=O)NNC(=O)c2ccc(S(=O)(=O)NOC)cc2)cc1. The van der Waals surface area contributed by atoms with Gasteiger partial charge in [0.05, 0.1) is 18.6 Å². The van der Waals surface area contributed by atoms with Gasteiger partial charge in [0.2, 0.25) is 0 Å². The lowest BCUT2D eigenvalue weighted by Gasteiger charge is -2.09. The number of hydrogen-bond acceptors (Lipinski definition) is 6. The van der Waals surface area contributed by atoms with Gasteiger partial charge in [0.25, 0.3) is 21.8 Å². The highest BCUT2D eigenvalue weighted by molar-refractivity contribution is 7.89. The first-order valence-corrected chi connectivity index (χ1v) is 9.34. The lowest BCUT2D eigenvalue weighted by molar-refractivity contribution is 0.0846. The van der Waals surface area contributed by atoms with Gasteiger partial charge in [-0.3, -0.25) is 25.3 Å². The van der Waals surface area contributed by atoms with E-state index in [1.54, 1.807) is 24.3 Å². The number of amides is 2. The number of nitrogens with one attached hydrogen (secondary N) is 3. The number of ether oxygens (including phenoxy) is 1. The summed E-state index contributed by atoms with van der Waals surface area (Å²) in [5.41, 5.74) is 5.05. The maximum atomic E-state index is 12.1. The summed E-state index contributed by atoms with van der Waals surface area (Å²) < 4.78 is 28.8. The number of sulfonamides is 1. The second-order valence-corrected chi connectivity index (χ2v) is 6.83. The third-order valence-electron chi connectivity index (χ3n) is 3.34. The van der Waals surface area contributed by atoms with Crippen molar-refractivity contribution in [3.63, 3.8) is 0 Å². The van der Waals surface area contributed by atoms with Crippen LogP contribution in [0.5, 0.6) is 5.75 Å². The van der Waals surface area contributed by atoms with E-state index in [2.05, 4.69) is 15.7 Å². The van der Waals surface area contributed by atoms with Gasteiger partial charge in [-0.15, -0.1) is 0 Å². The number of hydrogen-bond donors (Lipinski definition) is 3. The Balaban J connectivity index is 1.96. The van der Waals surface area contributed by atoms with Crippen molar-refractivity contribution in [1.29, 1.82) is 0 Å². The molecule has 10 heteroatoms. The summed E-state index contributed by atoms with van der Waals surface area (Å²) in [4.78, 5) is 30.3. The van der Waals surface area contributed by atoms with E-state index >= 15 is 0 Å². The van der Waals surface area contributed by atoms with E-state index < -0.39 is 21.8 Å². The van der Waals surface area contributed by atoms with Crippen LogP contribution in [0.1, 0.15) is 27.6 Å². The van der Waals surface area contributed by atoms with Crippen LogP contribution >= 0.6 is 0 Å². The van der Waals surface area contributed by atoms with Crippen molar-refractivity contribution in [3.05, 3.63) is 59.7 Å². The topological polar surface area (TPSA) is 123 Å². The lowest BCUT2D eigenvalue weighted by Crippen LogP contribution is -2.41. The van der Waals surface area contributed by atoms with Gasteiger partial charge in [0.15, 0.2) is 0 Å². The quantitative estimate of drug-likeness (QED) is 0.603. The van der Waals surface area contributed by atoms with Crippen LogP contribution in [0.4, 0.5) is 0 Å². The molecule has 0 radical (unpaired) electrons. The second kappa shape index (κ2) is 9.12. The summed E-state index contributed by atoms with van der Waals surface area (Å²) in [5.74, 6) is -0.469. The van der Waals surface area contributed by atoms with Crippen LogP contribution in [0.15, 0.2) is 53.4 Å². The Labute approximate surface area is 156 Å². The van der Waals surface area contributed by atoms with Gasteiger partial charge in [0, 0.05) is 11.1 Å². The minimum absolute atomic E-state index is 0.0701. The molecule has 0 bridgehead atoms. The van der Waals surface area contributed by atoms with Gasteiger partial charge < -0.3 is 4.74 Å². The van der Waals surface area contributed by atoms with Gasteiger partial charge in [-0.05, 0) is 55.5 Å². The van der Waals surface area contributed by atoms with Crippen molar-refractivity contribution in [2.75, 3.05) is 13.7 Å². The van der Waals surface area contributed by atoms with Crippen LogP contribution < -0.4 is 20.5 Å². The summed E-state index contributed by atoms with van der Waals surface area (Å²) in [5, 5.41) is 0. The fourth-order valence-electron chi connectivity index (χ4n) is 2.07. The molecule has 2 aromatic rings. The van der Waals surface area contributed by atoms with Crippen molar-refractivity contribution < 1.29 is 27.6 Å². The molecule has 0 aromatic heterocycles. The molecule has 0 aliphatic heterocycles. The maximum absolute atomic E-state index is 12.1. The van der Waals surface area contributed by atoms with Crippen LogP contribution in [-0.2, 0) is 14.9 Å². The molecule has 0 unspecified atom stereocenters. The molecule has 2 rings (SSSR count). The molecule has 0 aliphatic rings. The lowest BCUT2D eigenvalue weighted by atomic mass is 10.2. The molecule has 0 saturated carbocycles. The van der Waals surface area contributed by atoms with E-state index in [-0.39, 0.29) is 10.5 Å². The van der Waals surface area contributed by atoms with Gasteiger partial charge in [-0.1, -0.05) is 4.89 Å². The highest BCUT2D eigenvalue weighted by Crippen LogP contribution is 2.12. The highest BCUT2D eigenvalue weighted by Gasteiger charge is 2.15. The Hall–Kier alpha value is -2.95. The number of benzene rings is 2. The summed E-state index contributed by atoms with van der Waals surface area (Å²) in [7, 11) is -2.63. The normalized spacial score (nSPS) is 10.9. The van der Waals surface area contributed by atoms with Crippen molar-refractivity contribution >= 4 is 21.8 Å². The van der Waals surface area contributed by atoms with Crippen molar-refractivity contribution in [2.24, 2.45) is 0 Å². The van der Waals surface area contributed by atoms with Gasteiger partial charge in [0.1, 0.15) is 5.75 Å². The Bertz CT molecular complexity index is 895. The van der Waals surface area contributed by atoms with Crippen LogP contribution in [0, 0.1) is 0 Å². The summed E-state index contributed by atoms with van der Waals surface area (Å²) in [6.45, 7) is 2.37. The standard InChI is InChI=1S/C17H19N3O6S/c1-3-26-14-8-4-12(5-9-14)16(21)18-19-17(22)13-6-10-15(11-7-13)27(23,24)20-25-2/h4-11,20H,3H2,1-2H3,(H,18,21)(H,19,22). The predicted molar refractivity (Wildman–Crippen MR) is 96.3 cm³/mol. The van der Waals surface area contributed by atoms with E-state index in [4.69, 9.17) is 4.74 Å². The zero-order valence-electron chi connectivity index (χ0n) is 14.7. The zero-order valence-corrected chi connectivity index (χ0v) is 15.5. The Kier molecular flexibility index (Phi) is 6.88. The molecule has 0 saturated heterocycles. The van der Waals surface area contributed by atoms with Gasteiger partial charge in [-0.25, -0.2) is 8.42 Å². The molecule has 2 aromatic carbocycles. The molecule has 0 atom stereocenters. The average molecular weight is 393 g/mol. The summed E-state index contributed by atoms with van der Waals surface area (Å²) >= 11 is 0. The number of carbonyl (C=O) groups excluding carboxylic acids is 2. The maximum Gasteiger partial charge on any atom is 0.269 e. The highest BCUT2D eigenvalue weighted by atomic mass is 32.2. The van der Waals surface area contributed by atoms with Crippen molar-refractivity contribution in [3.8, 4) is 5.75 Å². The van der Waals surface area contributed by atoms with Crippen LogP contribution in [0.2, 0.25) is 0 Å². The molecule has 27 heavy (non-hydrogen) atoms. The molecule has 2 amide bonds. The number of hydrazine groups is 1. The van der Waals surface area contributed by atoms with E-state index in [0.29, 0.717) is 17.9 Å². The number of rotatable bonds is 7. The Morgan fingerprint density at radius 3 is 1.81 bits per heavy atom. The zero-order chi connectivity index (χ0) is 19.9. The molecule has 0 aliphatic carbocycles. The minimum Gasteiger partial charge on any atom is -0.494 e. The Morgan fingerprint density at radius 2 is 1.37 bits per heavy atom. The Morgan fingerprint density at radius 1 is 0.889 bits per heavy atom. The monoisotopic (exact) mass is 393 g/mol. The molecule has 0 spiro atoms. The van der Waals surface area contributed by atoms with Crippen LogP contribution in [0.25, 0.3) is 0 Å². The smallest absolute Gasteiger partial charge is 0.269 e. The third kappa shape index (κ3) is 5.51. The molecule has 9 nitrogen and oxygen atoms in total. The average Bonchev–Trinajstić information content (AvgIpc) is 2.67. The first-order chi connectivity index (χ1) is 12.9. The molecule has 144 valence electrons. The summed E-state index contributed by atoms with van der Waals surface area (Å²) in [6.07, 6.45) is 0. The van der Waals surface area contributed by atoms with Crippen molar-refractivity contribution in [2.45, 2.75) is 11.8 Å². The van der Waals surface area contributed by atoms with E-state index in [1.165, 1.54) is 31.4 Å². The molecular weight excluding hydrogens is 374 g/mol. The molecule has 3 N–H and O–H groups in total. The molecular formula is C17H19N3O6S. The van der Waals surface area contributed by atoms with Gasteiger partial charge >= 0.3 is 0 Å². The first-order valence-electron chi connectivity index (χ1n) is 7.85. The minimum atomic E-state index is -3.81. The number of carbonyl (C=O) groups is 2. The van der Waals surface area contributed by atoms with Gasteiger partial charge in [-0.2, -0.15) is 0 Å². The van der Waals surface area contributed by atoms with E-state index in [1.807, 2.05) is 11.8 Å². The third-order valence-corrected chi connectivity index (χ3v) is 4.62. The van der Waals surface area contributed by atoms with E-state index in [0.717, 1.165) is 0 Å². The molecule has 0 fully saturated rings. The van der Waals surface area contributed by atoms with Crippen molar-refractivity contribution in [1.82, 2.24) is 15.7 Å². The first kappa shape index (κ1) is 20.4. The largest absolute Gasteiger partial charge is 0.494 e. The van der Waals surface area contributed by atoms with E-state index in [9.17, 15) is 18.0 Å².